The average molecular weight is 586 g/mol. The minimum atomic E-state index is -4.75. The van der Waals surface area contributed by atoms with Crippen molar-refractivity contribution in [3.05, 3.63) is 82.9 Å². The zero-order valence-electron chi connectivity index (χ0n) is 21.5. The Morgan fingerprint density at radius 2 is 1.83 bits per heavy atom. The highest BCUT2D eigenvalue weighted by Gasteiger charge is 2.34. The molecule has 3 N–H and O–H groups in total. The number of nitrogen functional groups attached to an aromatic ring is 1. The van der Waals surface area contributed by atoms with E-state index in [9.17, 15) is 26.4 Å². The number of benzene rings is 2. The number of alkyl halides is 3. The summed E-state index contributed by atoms with van der Waals surface area (Å²) in [7, 11) is -2.95. The van der Waals surface area contributed by atoms with Crippen molar-refractivity contribution in [3.8, 4) is 22.7 Å². The van der Waals surface area contributed by atoms with Crippen LogP contribution >= 0.6 is 0 Å². The molecule has 0 bridgehead atoms. The van der Waals surface area contributed by atoms with Crippen LogP contribution in [-0.4, -0.2) is 39.8 Å². The molecule has 3 aromatic heterocycles. The summed E-state index contributed by atoms with van der Waals surface area (Å²) < 4.78 is 77.3. The molecule has 3 heterocycles. The molecule has 0 unspecified atom stereocenters. The summed E-state index contributed by atoms with van der Waals surface area (Å²) in [6, 6.07) is 11.7. The first-order valence-electron chi connectivity index (χ1n) is 12.0. The van der Waals surface area contributed by atoms with Crippen molar-refractivity contribution in [1.82, 2.24) is 24.3 Å². The maximum atomic E-state index is 13.7. The van der Waals surface area contributed by atoms with Gasteiger partial charge in [0.05, 0.1) is 29.3 Å². The van der Waals surface area contributed by atoms with Crippen LogP contribution in [0.3, 0.4) is 0 Å². The van der Waals surface area contributed by atoms with Crippen molar-refractivity contribution in [2.24, 2.45) is 0 Å². The van der Waals surface area contributed by atoms with E-state index >= 15 is 0 Å². The molecule has 0 aliphatic carbocycles. The Kier molecular flexibility index (Phi) is 6.90. The Hall–Kier alpha value is -4.92. The van der Waals surface area contributed by atoms with Gasteiger partial charge in [0.1, 0.15) is 4.90 Å². The van der Waals surface area contributed by atoms with E-state index in [0.717, 1.165) is 12.1 Å². The first-order valence-corrected chi connectivity index (χ1v) is 13.5. The lowest BCUT2D eigenvalue weighted by molar-refractivity contribution is -0.137. The molecule has 0 spiro atoms. The van der Waals surface area contributed by atoms with Gasteiger partial charge in [-0.25, -0.2) is 23.0 Å². The highest BCUT2D eigenvalue weighted by molar-refractivity contribution is 7.92. The van der Waals surface area contributed by atoms with Gasteiger partial charge in [-0.15, -0.1) is 0 Å². The molecule has 212 valence electrons. The third-order valence-corrected chi connectivity index (χ3v) is 7.53. The molecular formula is C26H22F3N7O4S. The number of sulfonamides is 1. The second-order valence-corrected chi connectivity index (χ2v) is 10.4. The normalized spacial score (nSPS) is 12.0. The Balaban J connectivity index is 1.63. The molecule has 5 aromatic rings. The lowest BCUT2D eigenvalue weighted by Gasteiger charge is -2.16. The molecule has 0 atom stereocenters. The Morgan fingerprint density at radius 1 is 1.07 bits per heavy atom. The summed E-state index contributed by atoms with van der Waals surface area (Å²) in [5.74, 6) is -0.520. The quantitative estimate of drug-likeness (QED) is 0.291. The van der Waals surface area contributed by atoms with Gasteiger partial charge in [-0.05, 0) is 42.8 Å². The molecule has 0 amide bonds. The molecule has 11 nitrogen and oxygen atoms in total. The zero-order valence-corrected chi connectivity index (χ0v) is 22.4. The smallest absolute Gasteiger partial charge is 0.418 e. The third kappa shape index (κ3) is 5.18. The second-order valence-electron chi connectivity index (χ2n) is 8.75. The summed E-state index contributed by atoms with van der Waals surface area (Å²) in [5, 5.41) is 4.08. The molecule has 0 aliphatic heterocycles. The summed E-state index contributed by atoms with van der Waals surface area (Å²) in [5.41, 5.74) is 4.33. The van der Waals surface area contributed by atoms with E-state index in [2.05, 4.69) is 19.8 Å². The van der Waals surface area contributed by atoms with Gasteiger partial charge in [0, 0.05) is 30.6 Å². The summed E-state index contributed by atoms with van der Waals surface area (Å²) in [6.45, 7) is 2.38. The molecule has 0 saturated heterocycles. The molecule has 0 saturated carbocycles. The number of pyridine rings is 1. The van der Waals surface area contributed by atoms with Crippen LogP contribution in [0.5, 0.6) is 5.88 Å². The lowest BCUT2D eigenvalue weighted by Crippen LogP contribution is -2.25. The van der Waals surface area contributed by atoms with Crippen LogP contribution in [0, 0.1) is 0 Å². The number of anilines is 2. The van der Waals surface area contributed by atoms with Gasteiger partial charge in [-0.3, -0.25) is 14.2 Å². The number of nitrogens with one attached hydrogen (secondary N) is 1. The molecule has 15 heteroatoms. The number of halogens is 3. The van der Waals surface area contributed by atoms with E-state index in [-0.39, 0.29) is 33.1 Å². The molecule has 2 aromatic carbocycles. The third-order valence-electron chi connectivity index (χ3n) is 6.18. The zero-order chi connectivity index (χ0) is 29.5. The van der Waals surface area contributed by atoms with Gasteiger partial charge < -0.3 is 10.5 Å². The Bertz CT molecular complexity index is 1950. The van der Waals surface area contributed by atoms with Gasteiger partial charge in [-0.2, -0.15) is 18.3 Å². The minimum Gasteiger partial charge on any atom is -0.480 e. The molecule has 41 heavy (non-hydrogen) atoms. The van der Waals surface area contributed by atoms with Crippen LogP contribution in [0.2, 0.25) is 0 Å². The minimum absolute atomic E-state index is 0.0443. The number of nitrogens with two attached hydrogens (primary N) is 1. The Morgan fingerprint density at radius 3 is 2.51 bits per heavy atom. The van der Waals surface area contributed by atoms with E-state index in [0.29, 0.717) is 16.7 Å². The van der Waals surface area contributed by atoms with Crippen LogP contribution in [0.15, 0.2) is 76.7 Å². The van der Waals surface area contributed by atoms with Crippen LogP contribution in [-0.2, 0) is 22.7 Å². The van der Waals surface area contributed by atoms with Crippen LogP contribution in [0.4, 0.5) is 24.9 Å². The van der Waals surface area contributed by atoms with Crippen molar-refractivity contribution >= 4 is 32.7 Å². The molecule has 0 aliphatic rings. The molecule has 5 rings (SSSR count). The molecule has 0 fully saturated rings. The number of aryl methyl sites for hydroxylation is 1. The van der Waals surface area contributed by atoms with E-state index in [1.165, 1.54) is 49.7 Å². The van der Waals surface area contributed by atoms with Crippen molar-refractivity contribution in [2.45, 2.75) is 24.5 Å². The van der Waals surface area contributed by atoms with Crippen molar-refractivity contribution in [1.29, 1.82) is 0 Å². The van der Waals surface area contributed by atoms with E-state index in [4.69, 9.17) is 10.5 Å². The largest absolute Gasteiger partial charge is 0.480 e. The number of para-hydroxylation sites is 1. The van der Waals surface area contributed by atoms with Crippen molar-refractivity contribution < 1.29 is 26.3 Å². The van der Waals surface area contributed by atoms with E-state index in [1.54, 1.807) is 16.9 Å². The molecule has 0 radical (unpaired) electrons. The summed E-state index contributed by atoms with van der Waals surface area (Å²) in [4.78, 5) is 21.4. The summed E-state index contributed by atoms with van der Waals surface area (Å²) >= 11 is 0. The van der Waals surface area contributed by atoms with E-state index in [1.807, 2.05) is 6.92 Å². The topological polar surface area (TPSA) is 147 Å². The van der Waals surface area contributed by atoms with Crippen LogP contribution in [0.1, 0.15) is 12.5 Å². The van der Waals surface area contributed by atoms with Gasteiger partial charge in [0.15, 0.2) is 5.82 Å². The van der Waals surface area contributed by atoms with Gasteiger partial charge in [0.25, 0.3) is 15.6 Å². The van der Waals surface area contributed by atoms with Crippen LogP contribution in [0.25, 0.3) is 27.7 Å². The number of ether oxygens (including phenoxy) is 1. The lowest BCUT2D eigenvalue weighted by atomic mass is 10.1. The van der Waals surface area contributed by atoms with Crippen molar-refractivity contribution in [3.63, 3.8) is 0 Å². The highest BCUT2D eigenvalue weighted by atomic mass is 32.2. The van der Waals surface area contributed by atoms with Gasteiger partial charge >= 0.3 is 6.18 Å². The maximum Gasteiger partial charge on any atom is 0.418 e. The molecular weight excluding hydrogens is 563 g/mol. The fourth-order valence-electron chi connectivity index (χ4n) is 4.24. The Labute approximate surface area is 231 Å². The second kappa shape index (κ2) is 10.2. The number of fused-ring (bicyclic) bond motifs is 1. The fourth-order valence-corrected chi connectivity index (χ4v) is 5.39. The first kappa shape index (κ1) is 27.6. The standard InChI is InChI=1S/C26H22F3N7O4S/c1-3-35-11-10-22(33-35)34-41(38,39)21-13-16(14-31-23(21)40-2)15-8-9-19-17(12-15)24(37)36(25(30)32-19)20-7-5-4-6-18(20)26(27,28)29/h4-14H,3H2,1-2H3,(H2,30,32)(H,33,34). The number of aromatic nitrogens is 5. The number of rotatable bonds is 7. The van der Waals surface area contributed by atoms with E-state index < -0.39 is 39.0 Å². The monoisotopic (exact) mass is 585 g/mol. The SMILES string of the molecule is CCn1ccc(NS(=O)(=O)c2cc(-c3ccc4nc(N)n(-c5ccccc5C(F)(F)F)c(=O)c4c3)cnc2OC)n1. The fraction of sp³-hybridized carbons (Fsp3) is 0.154. The number of hydrogen-bond donors (Lipinski definition) is 2. The van der Waals surface area contributed by atoms with Crippen LogP contribution < -0.4 is 20.8 Å². The van der Waals surface area contributed by atoms with Gasteiger partial charge in [-0.1, -0.05) is 18.2 Å². The average Bonchev–Trinajstić information content (AvgIpc) is 3.39. The number of methoxy groups -OCH3 is 1. The predicted molar refractivity (Wildman–Crippen MR) is 145 cm³/mol. The predicted octanol–water partition coefficient (Wildman–Crippen LogP) is 4.07. The summed E-state index contributed by atoms with van der Waals surface area (Å²) in [6.07, 6.45) is -1.80. The number of hydrogen-bond acceptors (Lipinski definition) is 8. The first-order chi connectivity index (χ1) is 19.4. The number of nitrogens with zero attached hydrogens (tertiary/aromatic N) is 5. The highest BCUT2D eigenvalue weighted by Crippen LogP contribution is 2.34. The van der Waals surface area contributed by atoms with Crippen molar-refractivity contribution in [2.75, 3.05) is 17.6 Å². The maximum absolute atomic E-state index is 13.7. The van der Waals surface area contributed by atoms with Gasteiger partial charge in [0.2, 0.25) is 11.8 Å².